The molecule has 90 valence electrons. The van der Waals surface area contributed by atoms with Crippen molar-refractivity contribution < 1.29 is 4.52 Å². The van der Waals surface area contributed by atoms with Crippen LogP contribution in [0.15, 0.2) is 4.52 Å². The molecule has 2 rings (SSSR count). The number of piperidine rings is 1. The van der Waals surface area contributed by atoms with Gasteiger partial charge in [-0.15, -0.1) is 0 Å². The number of hydrogen-bond donors (Lipinski definition) is 1. The first-order chi connectivity index (χ1) is 7.88. The van der Waals surface area contributed by atoms with E-state index in [0.717, 1.165) is 36.9 Å². The molecule has 0 bridgehead atoms. The molecular formula is C11H19N3OS. The van der Waals surface area contributed by atoms with Gasteiger partial charge < -0.3 is 9.84 Å². The largest absolute Gasteiger partial charge is 0.339 e. The van der Waals surface area contributed by atoms with Crippen LogP contribution in [-0.4, -0.2) is 29.0 Å². The normalized spacial score (nSPS) is 21.2. The molecule has 1 aliphatic rings. The second kappa shape index (κ2) is 6.25. The minimum absolute atomic E-state index is 0.643. The molecule has 1 saturated heterocycles. The average Bonchev–Trinajstić information content (AvgIpc) is 2.76. The standard InChI is InChI=1S/C11H19N3OS/c1-16-8-10-13-11(15-14-10)6-5-9-4-2-3-7-12-9/h9,12H,2-8H2,1H3. The number of thioether (sulfide) groups is 1. The molecule has 0 saturated carbocycles. The summed E-state index contributed by atoms with van der Waals surface area (Å²) in [7, 11) is 0. The Hall–Kier alpha value is -0.550. The van der Waals surface area contributed by atoms with Gasteiger partial charge in [0.05, 0.1) is 5.75 Å². The number of rotatable bonds is 5. The minimum atomic E-state index is 0.643. The third-order valence-electron chi connectivity index (χ3n) is 2.90. The van der Waals surface area contributed by atoms with Crippen LogP contribution < -0.4 is 5.32 Å². The van der Waals surface area contributed by atoms with E-state index in [-0.39, 0.29) is 0 Å². The summed E-state index contributed by atoms with van der Waals surface area (Å²) < 4.78 is 5.21. The lowest BCUT2D eigenvalue weighted by molar-refractivity contribution is 0.341. The molecule has 2 heterocycles. The maximum atomic E-state index is 5.21. The Labute approximate surface area is 101 Å². The second-order valence-corrected chi connectivity index (χ2v) is 5.09. The lowest BCUT2D eigenvalue weighted by Crippen LogP contribution is -2.34. The van der Waals surface area contributed by atoms with Crippen molar-refractivity contribution in [2.45, 2.75) is 43.9 Å². The van der Waals surface area contributed by atoms with Crippen LogP contribution in [0.4, 0.5) is 0 Å². The minimum Gasteiger partial charge on any atom is -0.339 e. The van der Waals surface area contributed by atoms with Crippen LogP contribution in [0.5, 0.6) is 0 Å². The maximum absolute atomic E-state index is 5.21. The van der Waals surface area contributed by atoms with Crippen molar-refractivity contribution >= 4 is 11.8 Å². The molecule has 16 heavy (non-hydrogen) atoms. The van der Waals surface area contributed by atoms with Crippen LogP contribution >= 0.6 is 11.8 Å². The van der Waals surface area contributed by atoms with Gasteiger partial charge in [0.1, 0.15) is 0 Å². The third-order valence-corrected chi connectivity index (χ3v) is 3.45. The first-order valence-corrected chi connectivity index (χ1v) is 7.31. The molecule has 1 aromatic rings. The summed E-state index contributed by atoms with van der Waals surface area (Å²) in [6, 6.07) is 0.643. The van der Waals surface area contributed by atoms with E-state index in [1.807, 2.05) is 6.26 Å². The molecule has 1 aliphatic heterocycles. The highest BCUT2D eigenvalue weighted by Gasteiger charge is 2.14. The summed E-state index contributed by atoms with van der Waals surface area (Å²) in [6.07, 6.45) is 8.00. The fourth-order valence-electron chi connectivity index (χ4n) is 2.05. The maximum Gasteiger partial charge on any atom is 0.226 e. The summed E-state index contributed by atoms with van der Waals surface area (Å²) in [4.78, 5) is 4.36. The number of nitrogens with zero attached hydrogens (tertiary/aromatic N) is 2. The van der Waals surface area contributed by atoms with Gasteiger partial charge in [-0.25, -0.2) is 0 Å². The molecule has 4 nitrogen and oxygen atoms in total. The Kier molecular flexibility index (Phi) is 4.66. The molecule has 0 amide bonds. The number of nitrogens with one attached hydrogen (secondary N) is 1. The topological polar surface area (TPSA) is 51.0 Å². The van der Waals surface area contributed by atoms with Crippen molar-refractivity contribution in [1.29, 1.82) is 0 Å². The molecule has 1 atom stereocenters. The van der Waals surface area contributed by atoms with Gasteiger partial charge in [-0.1, -0.05) is 11.6 Å². The van der Waals surface area contributed by atoms with Gasteiger partial charge in [0.2, 0.25) is 5.89 Å². The first-order valence-electron chi connectivity index (χ1n) is 5.92. The van der Waals surface area contributed by atoms with Crippen molar-refractivity contribution in [1.82, 2.24) is 15.5 Å². The van der Waals surface area contributed by atoms with Crippen molar-refractivity contribution in [3.63, 3.8) is 0 Å². The van der Waals surface area contributed by atoms with E-state index in [1.54, 1.807) is 11.8 Å². The molecule has 1 unspecified atom stereocenters. The Morgan fingerprint density at radius 2 is 2.44 bits per heavy atom. The van der Waals surface area contributed by atoms with Crippen LogP contribution in [0.2, 0.25) is 0 Å². The molecule has 0 radical (unpaired) electrons. The highest BCUT2D eigenvalue weighted by molar-refractivity contribution is 7.97. The number of hydrogen-bond acceptors (Lipinski definition) is 5. The van der Waals surface area contributed by atoms with Crippen LogP contribution in [0, 0.1) is 0 Å². The lowest BCUT2D eigenvalue weighted by Gasteiger charge is -2.22. The number of aryl methyl sites for hydroxylation is 1. The van der Waals surface area contributed by atoms with Crippen LogP contribution in [0.1, 0.15) is 37.4 Å². The first kappa shape index (κ1) is 11.9. The van der Waals surface area contributed by atoms with Crippen molar-refractivity contribution in [3.05, 3.63) is 11.7 Å². The summed E-state index contributed by atoms with van der Waals surface area (Å²) in [5.74, 6) is 2.45. The average molecular weight is 241 g/mol. The van der Waals surface area contributed by atoms with Gasteiger partial charge in [0.15, 0.2) is 5.82 Å². The molecule has 0 aromatic carbocycles. The molecule has 1 aromatic heterocycles. The SMILES string of the molecule is CSCc1noc(CCC2CCCCN2)n1. The van der Waals surface area contributed by atoms with Crippen LogP contribution in [0.25, 0.3) is 0 Å². The van der Waals surface area contributed by atoms with E-state index < -0.39 is 0 Å². The Balaban J connectivity index is 1.75. The summed E-state index contributed by atoms with van der Waals surface area (Å²) in [5, 5.41) is 7.47. The van der Waals surface area contributed by atoms with Crippen LogP contribution in [0.3, 0.4) is 0 Å². The van der Waals surface area contributed by atoms with Gasteiger partial charge in [-0.05, 0) is 32.1 Å². The zero-order chi connectivity index (χ0) is 11.2. The van der Waals surface area contributed by atoms with E-state index >= 15 is 0 Å². The van der Waals surface area contributed by atoms with Gasteiger partial charge in [-0.3, -0.25) is 0 Å². The molecule has 5 heteroatoms. The second-order valence-electron chi connectivity index (χ2n) is 4.22. The van der Waals surface area contributed by atoms with E-state index in [9.17, 15) is 0 Å². The van der Waals surface area contributed by atoms with E-state index in [1.165, 1.54) is 19.3 Å². The predicted octanol–water partition coefficient (Wildman–Crippen LogP) is 2.01. The predicted molar refractivity (Wildman–Crippen MR) is 65.5 cm³/mol. The fourth-order valence-corrected chi connectivity index (χ4v) is 2.42. The fraction of sp³-hybridized carbons (Fsp3) is 0.818. The van der Waals surface area contributed by atoms with Crippen molar-refractivity contribution in [3.8, 4) is 0 Å². The highest BCUT2D eigenvalue weighted by Crippen LogP contribution is 2.13. The molecule has 0 spiro atoms. The monoisotopic (exact) mass is 241 g/mol. The smallest absolute Gasteiger partial charge is 0.226 e. The zero-order valence-electron chi connectivity index (χ0n) is 9.74. The Morgan fingerprint density at radius 3 is 3.19 bits per heavy atom. The quantitative estimate of drug-likeness (QED) is 0.854. The zero-order valence-corrected chi connectivity index (χ0v) is 10.6. The molecule has 1 fully saturated rings. The van der Waals surface area contributed by atoms with Gasteiger partial charge in [-0.2, -0.15) is 16.7 Å². The summed E-state index contributed by atoms with van der Waals surface area (Å²) in [6.45, 7) is 1.16. The Bertz CT molecular complexity index is 310. The molecule has 1 N–H and O–H groups in total. The summed E-state index contributed by atoms with van der Waals surface area (Å²) in [5.41, 5.74) is 0. The number of aromatic nitrogens is 2. The third kappa shape index (κ3) is 3.49. The van der Waals surface area contributed by atoms with Gasteiger partial charge in [0, 0.05) is 12.5 Å². The van der Waals surface area contributed by atoms with Gasteiger partial charge in [0.25, 0.3) is 0 Å². The lowest BCUT2D eigenvalue weighted by atomic mass is 10.0. The Morgan fingerprint density at radius 1 is 1.50 bits per heavy atom. The van der Waals surface area contributed by atoms with E-state index in [2.05, 4.69) is 15.5 Å². The van der Waals surface area contributed by atoms with Gasteiger partial charge >= 0.3 is 0 Å². The van der Waals surface area contributed by atoms with Crippen LogP contribution in [-0.2, 0) is 12.2 Å². The van der Waals surface area contributed by atoms with E-state index in [4.69, 9.17) is 4.52 Å². The van der Waals surface area contributed by atoms with Crippen molar-refractivity contribution in [2.24, 2.45) is 0 Å². The highest BCUT2D eigenvalue weighted by atomic mass is 32.2. The molecule has 0 aliphatic carbocycles. The van der Waals surface area contributed by atoms with E-state index in [0.29, 0.717) is 6.04 Å². The summed E-state index contributed by atoms with van der Waals surface area (Å²) >= 11 is 1.72. The van der Waals surface area contributed by atoms with Crippen molar-refractivity contribution in [2.75, 3.05) is 12.8 Å². The molecular weight excluding hydrogens is 222 g/mol.